The number of carbonyl (C=O) groups is 1. The van der Waals surface area contributed by atoms with Crippen molar-refractivity contribution in [3.05, 3.63) is 89.3 Å². The normalized spacial score (nSPS) is 15.4. The van der Waals surface area contributed by atoms with E-state index in [9.17, 15) is 4.79 Å². The molecular formula is C30H30N6O. The monoisotopic (exact) mass is 490 g/mol. The summed E-state index contributed by atoms with van der Waals surface area (Å²) in [4.78, 5) is 31.7. The molecule has 7 heteroatoms. The molecule has 1 aliphatic heterocycles. The number of carbonyl (C=O) groups excluding carboxylic acids is 1. The number of aromatic nitrogens is 4. The lowest BCUT2D eigenvalue weighted by Gasteiger charge is -2.32. The fourth-order valence-corrected chi connectivity index (χ4v) is 5.47. The van der Waals surface area contributed by atoms with E-state index in [4.69, 9.17) is 9.97 Å². The Hall–Kier alpha value is -4.26. The van der Waals surface area contributed by atoms with Crippen LogP contribution in [0.15, 0.2) is 60.9 Å². The van der Waals surface area contributed by atoms with Gasteiger partial charge in [0.15, 0.2) is 0 Å². The molecule has 2 N–H and O–H groups in total. The number of amides is 1. The Bertz CT molecular complexity index is 1480. The van der Waals surface area contributed by atoms with E-state index < -0.39 is 0 Å². The number of hydrogen-bond acceptors (Lipinski definition) is 5. The van der Waals surface area contributed by atoms with Crippen LogP contribution < -0.4 is 10.2 Å². The lowest BCUT2D eigenvalue weighted by Crippen LogP contribution is -2.34. The smallest absolute Gasteiger partial charge is 0.221 e. The fraction of sp³-hybridized carbons (Fsp3) is 0.267. The molecule has 3 heterocycles. The molecule has 0 unspecified atom stereocenters. The summed E-state index contributed by atoms with van der Waals surface area (Å²) in [7, 11) is 0. The first-order chi connectivity index (χ1) is 18.0. The Morgan fingerprint density at radius 2 is 1.81 bits per heavy atom. The highest BCUT2D eigenvalue weighted by Crippen LogP contribution is 2.38. The van der Waals surface area contributed by atoms with Crippen LogP contribution in [0.4, 0.5) is 11.5 Å². The lowest BCUT2D eigenvalue weighted by atomic mass is 9.96. The fourth-order valence-electron chi connectivity index (χ4n) is 5.47. The Morgan fingerprint density at radius 3 is 2.59 bits per heavy atom. The molecule has 6 rings (SSSR count). The Balaban J connectivity index is 1.19. The molecule has 7 nitrogen and oxygen atoms in total. The summed E-state index contributed by atoms with van der Waals surface area (Å²) in [5.74, 6) is 2.44. The minimum atomic E-state index is -0.0709. The number of rotatable bonds is 5. The van der Waals surface area contributed by atoms with Gasteiger partial charge >= 0.3 is 0 Å². The van der Waals surface area contributed by atoms with Gasteiger partial charge in [0.2, 0.25) is 5.91 Å². The van der Waals surface area contributed by atoms with Gasteiger partial charge in [0.25, 0.3) is 0 Å². The Kier molecular flexibility index (Phi) is 6.04. The average molecular weight is 491 g/mol. The van der Waals surface area contributed by atoms with Gasteiger partial charge in [0.1, 0.15) is 18.0 Å². The summed E-state index contributed by atoms with van der Waals surface area (Å²) in [6.07, 6.45) is 6.71. The Labute approximate surface area is 216 Å². The largest absolute Gasteiger partial charge is 0.356 e. The third-order valence-corrected chi connectivity index (χ3v) is 7.31. The first kappa shape index (κ1) is 23.2. The van der Waals surface area contributed by atoms with Gasteiger partial charge < -0.3 is 15.2 Å². The molecular weight excluding hydrogens is 460 g/mol. The first-order valence-corrected chi connectivity index (χ1v) is 12.8. The van der Waals surface area contributed by atoms with E-state index in [1.54, 1.807) is 6.33 Å². The number of piperidine rings is 1. The van der Waals surface area contributed by atoms with Crippen molar-refractivity contribution in [2.45, 2.75) is 39.0 Å². The van der Waals surface area contributed by atoms with E-state index in [2.05, 4.69) is 63.5 Å². The van der Waals surface area contributed by atoms with E-state index in [0.29, 0.717) is 5.92 Å². The molecule has 0 atom stereocenters. The summed E-state index contributed by atoms with van der Waals surface area (Å²) in [6, 6.07) is 18.4. The number of nitrogens with one attached hydrogen (secondary N) is 2. The van der Waals surface area contributed by atoms with E-state index in [-0.39, 0.29) is 5.91 Å². The highest BCUT2D eigenvalue weighted by molar-refractivity contribution is 5.93. The minimum Gasteiger partial charge on any atom is -0.356 e. The van der Waals surface area contributed by atoms with Crippen molar-refractivity contribution in [1.82, 2.24) is 19.9 Å². The molecule has 2 aromatic carbocycles. The summed E-state index contributed by atoms with van der Waals surface area (Å²) in [6.45, 7) is 5.48. The zero-order valence-corrected chi connectivity index (χ0v) is 21.2. The average Bonchev–Trinajstić information content (AvgIpc) is 3.53. The second kappa shape index (κ2) is 9.65. The van der Waals surface area contributed by atoms with E-state index in [1.165, 1.54) is 12.5 Å². The highest BCUT2D eigenvalue weighted by atomic mass is 16.1. The summed E-state index contributed by atoms with van der Waals surface area (Å²) >= 11 is 0. The maximum absolute atomic E-state index is 11.5. The molecule has 0 radical (unpaired) electrons. The predicted molar refractivity (Wildman–Crippen MR) is 147 cm³/mol. The van der Waals surface area contributed by atoms with Crippen LogP contribution in [0.2, 0.25) is 0 Å². The van der Waals surface area contributed by atoms with Gasteiger partial charge in [-0.15, -0.1) is 0 Å². The van der Waals surface area contributed by atoms with Gasteiger partial charge in [0, 0.05) is 54.9 Å². The van der Waals surface area contributed by atoms with Crippen molar-refractivity contribution in [3.63, 3.8) is 0 Å². The molecule has 0 saturated carbocycles. The van der Waals surface area contributed by atoms with Crippen LogP contribution in [0.5, 0.6) is 0 Å². The molecule has 186 valence electrons. The van der Waals surface area contributed by atoms with E-state index in [1.807, 2.05) is 24.3 Å². The van der Waals surface area contributed by atoms with Gasteiger partial charge in [-0.1, -0.05) is 42.5 Å². The maximum atomic E-state index is 11.5. The van der Waals surface area contributed by atoms with Gasteiger partial charge in [-0.3, -0.25) is 4.79 Å². The van der Waals surface area contributed by atoms with Crippen molar-refractivity contribution in [1.29, 1.82) is 0 Å². The molecule has 4 aromatic rings. The second-order valence-corrected chi connectivity index (χ2v) is 9.89. The molecule has 1 saturated heterocycles. The summed E-state index contributed by atoms with van der Waals surface area (Å²) < 4.78 is 0. The van der Waals surface area contributed by atoms with Gasteiger partial charge in [-0.2, -0.15) is 0 Å². The van der Waals surface area contributed by atoms with Crippen molar-refractivity contribution in [3.8, 4) is 11.3 Å². The van der Waals surface area contributed by atoms with E-state index >= 15 is 0 Å². The predicted octanol–water partition coefficient (Wildman–Crippen LogP) is 5.61. The molecule has 0 bridgehead atoms. The number of anilines is 2. The van der Waals surface area contributed by atoms with Crippen LogP contribution in [0.1, 0.15) is 54.0 Å². The molecule has 2 aliphatic rings. The number of aryl methyl sites for hydroxylation is 1. The first-order valence-electron chi connectivity index (χ1n) is 12.8. The van der Waals surface area contributed by atoms with Crippen LogP contribution in [0, 0.1) is 6.92 Å². The molecule has 37 heavy (non-hydrogen) atoms. The zero-order valence-electron chi connectivity index (χ0n) is 21.2. The highest BCUT2D eigenvalue weighted by Gasteiger charge is 2.28. The van der Waals surface area contributed by atoms with Crippen LogP contribution >= 0.6 is 0 Å². The maximum Gasteiger partial charge on any atom is 0.221 e. The van der Waals surface area contributed by atoms with E-state index in [0.717, 1.165) is 83.5 Å². The number of H-pyrrole nitrogens is 1. The second-order valence-electron chi connectivity index (χ2n) is 9.89. The lowest BCUT2D eigenvalue weighted by molar-refractivity contribution is -0.114. The van der Waals surface area contributed by atoms with Gasteiger partial charge in [0.05, 0.1) is 11.4 Å². The molecule has 1 aliphatic carbocycles. The molecule has 2 aromatic heterocycles. The number of hydrogen-bond donors (Lipinski definition) is 2. The SMILES string of the molecule is CC(=O)Nc1cccc(C2=Cc3c(ncnc3N3CCC(c4nc(-c5ccccc5)c(C)[nH]4)CC3)C2)c1. The van der Waals surface area contributed by atoms with Crippen molar-refractivity contribution in [2.24, 2.45) is 0 Å². The van der Waals surface area contributed by atoms with Crippen LogP contribution in [0.25, 0.3) is 22.9 Å². The number of nitrogens with zero attached hydrogens (tertiary/aromatic N) is 4. The van der Waals surface area contributed by atoms with Crippen LogP contribution in [-0.2, 0) is 11.2 Å². The zero-order chi connectivity index (χ0) is 25.4. The molecule has 1 amide bonds. The third-order valence-electron chi connectivity index (χ3n) is 7.31. The number of allylic oxidation sites excluding steroid dienone is 1. The molecule has 1 fully saturated rings. The standard InChI is InChI=1S/C30H30N6O/c1-19-28(21-7-4-3-5-8-21)35-29(33-19)22-11-13-36(14-12-22)30-26-16-24(17-27(26)31-18-32-30)23-9-6-10-25(15-23)34-20(2)37/h3-10,15-16,18,22H,11-14,17H2,1-2H3,(H,33,35)(H,34,37). The van der Waals surface area contributed by atoms with Gasteiger partial charge in [-0.05, 0) is 49.1 Å². The van der Waals surface area contributed by atoms with Crippen molar-refractivity contribution < 1.29 is 4.79 Å². The summed E-state index contributed by atoms with van der Waals surface area (Å²) in [5.41, 5.74) is 8.59. The number of imidazole rings is 1. The van der Waals surface area contributed by atoms with Crippen molar-refractivity contribution in [2.75, 3.05) is 23.3 Å². The number of fused-ring (bicyclic) bond motifs is 1. The quantitative estimate of drug-likeness (QED) is 0.380. The van der Waals surface area contributed by atoms with Crippen LogP contribution in [-0.4, -0.2) is 38.9 Å². The summed E-state index contributed by atoms with van der Waals surface area (Å²) in [5, 5.41) is 2.87. The minimum absolute atomic E-state index is 0.0709. The number of aromatic amines is 1. The third kappa shape index (κ3) is 4.65. The van der Waals surface area contributed by atoms with Crippen molar-refractivity contribution >= 4 is 29.1 Å². The van der Waals surface area contributed by atoms with Gasteiger partial charge in [-0.25, -0.2) is 15.0 Å². The number of benzene rings is 2. The van der Waals surface area contributed by atoms with Crippen LogP contribution in [0.3, 0.4) is 0 Å². The topological polar surface area (TPSA) is 86.8 Å². The Morgan fingerprint density at radius 1 is 1.03 bits per heavy atom. The molecule has 0 spiro atoms.